The number of nitrogens with zero attached hydrogens (tertiary/aromatic N) is 1. The van der Waals surface area contributed by atoms with Crippen molar-refractivity contribution in [2.75, 3.05) is 7.11 Å². The van der Waals surface area contributed by atoms with E-state index in [1.807, 2.05) is 67.6 Å². The van der Waals surface area contributed by atoms with Crippen LogP contribution in [0.15, 0.2) is 114 Å². The fraction of sp³-hybridized carbons (Fsp3) is 0.0606. The number of ether oxygens (including phenoxy) is 1. The van der Waals surface area contributed by atoms with E-state index in [1.165, 1.54) is 11.1 Å². The van der Waals surface area contributed by atoms with Crippen LogP contribution < -0.4 is 0 Å². The van der Waals surface area contributed by atoms with E-state index < -0.39 is 16.0 Å². The van der Waals surface area contributed by atoms with Crippen molar-refractivity contribution in [1.29, 1.82) is 0 Å². The predicted octanol–water partition coefficient (Wildman–Crippen LogP) is 8.11. The van der Waals surface area contributed by atoms with Crippen molar-refractivity contribution >= 4 is 49.3 Å². The van der Waals surface area contributed by atoms with Gasteiger partial charge in [0.2, 0.25) is 0 Å². The highest BCUT2D eigenvalue weighted by atomic mass is 35.5. The maximum absolute atomic E-state index is 14.5. The molecule has 1 heterocycles. The van der Waals surface area contributed by atoms with E-state index in [4.69, 9.17) is 16.3 Å². The van der Waals surface area contributed by atoms with Crippen LogP contribution in [0.3, 0.4) is 0 Å². The Kier molecular flexibility index (Phi) is 6.45. The minimum absolute atomic E-state index is 0.153. The van der Waals surface area contributed by atoms with Crippen molar-refractivity contribution in [3.63, 3.8) is 0 Å². The van der Waals surface area contributed by atoms with Crippen LogP contribution in [0.2, 0.25) is 5.02 Å². The van der Waals surface area contributed by atoms with Crippen LogP contribution in [0.5, 0.6) is 0 Å². The number of halogens is 1. The number of aryl methyl sites for hydroxylation is 1. The second kappa shape index (κ2) is 9.97. The van der Waals surface area contributed by atoms with Gasteiger partial charge in [0, 0.05) is 21.5 Å². The lowest BCUT2D eigenvalue weighted by molar-refractivity contribution is 0.0602. The molecule has 0 bridgehead atoms. The Bertz CT molecular complexity index is 2030. The van der Waals surface area contributed by atoms with Gasteiger partial charge in [0.25, 0.3) is 10.0 Å². The maximum Gasteiger partial charge on any atom is 0.338 e. The van der Waals surface area contributed by atoms with E-state index in [9.17, 15) is 13.2 Å². The van der Waals surface area contributed by atoms with Gasteiger partial charge in [-0.15, -0.1) is 0 Å². The number of esters is 1. The van der Waals surface area contributed by atoms with E-state index >= 15 is 0 Å². The average Bonchev–Trinajstić information content (AvgIpc) is 3.31. The normalized spacial score (nSPS) is 11.7. The molecular weight excluding hydrogens is 542 g/mol. The van der Waals surface area contributed by atoms with Crippen molar-refractivity contribution in [3.8, 4) is 22.4 Å². The number of rotatable bonds is 5. The van der Waals surface area contributed by atoms with Gasteiger partial charge in [0.15, 0.2) is 0 Å². The molecule has 0 aliphatic heterocycles. The Hall–Kier alpha value is -4.39. The summed E-state index contributed by atoms with van der Waals surface area (Å²) in [5.74, 6) is -0.524. The van der Waals surface area contributed by atoms with Crippen molar-refractivity contribution in [1.82, 2.24) is 3.97 Å². The Morgan fingerprint density at radius 3 is 2.20 bits per heavy atom. The van der Waals surface area contributed by atoms with Gasteiger partial charge >= 0.3 is 5.97 Å². The number of carbonyl (C=O) groups is 1. The third-order valence-electron chi connectivity index (χ3n) is 7.08. The number of hydrogen-bond acceptors (Lipinski definition) is 4. The third kappa shape index (κ3) is 4.17. The van der Waals surface area contributed by atoms with Crippen molar-refractivity contribution in [2.45, 2.75) is 11.8 Å². The standard InChI is InChI=1S/C33H24ClNO4S/c1-21-12-16-25(17-13-21)40(37,38)35-29-19-15-24(34)20-28(29)31(32(35)23-9-4-3-5-10-23)30-26-11-7-6-8-22(26)14-18-27(30)33(36)39-2/h3-20H,1-2H3. The van der Waals surface area contributed by atoms with E-state index in [-0.39, 0.29) is 4.90 Å². The van der Waals surface area contributed by atoms with Crippen LogP contribution in [-0.4, -0.2) is 25.5 Å². The molecule has 6 aromatic rings. The lowest BCUT2D eigenvalue weighted by atomic mass is 9.90. The first-order chi connectivity index (χ1) is 19.3. The van der Waals surface area contributed by atoms with Crippen LogP contribution in [-0.2, 0) is 14.8 Å². The second-order valence-electron chi connectivity index (χ2n) is 9.53. The topological polar surface area (TPSA) is 65.4 Å². The Morgan fingerprint density at radius 2 is 1.48 bits per heavy atom. The highest BCUT2D eigenvalue weighted by Crippen LogP contribution is 2.47. The number of fused-ring (bicyclic) bond motifs is 2. The molecule has 0 spiro atoms. The smallest absolute Gasteiger partial charge is 0.338 e. The molecule has 0 saturated heterocycles. The van der Waals surface area contributed by atoms with Gasteiger partial charge in [-0.25, -0.2) is 17.2 Å². The molecular formula is C33H24ClNO4S. The minimum Gasteiger partial charge on any atom is -0.465 e. The summed E-state index contributed by atoms with van der Waals surface area (Å²) >= 11 is 6.53. The summed E-state index contributed by atoms with van der Waals surface area (Å²) in [4.78, 5) is 13.3. The van der Waals surface area contributed by atoms with Gasteiger partial charge in [-0.3, -0.25) is 0 Å². The first-order valence-corrected chi connectivity index (χ1v) is 14.4. The molecule has 198 valence electrons. The van der Waals surface area contributed by atoms with Gasteiger partial charge in [0.1, 0.15) is 0 Å². The molecule has 0 N–H and O–H groups in total. The van der Waals surface area contributed by atoms with E-state index in [2.05, 4.69) is 0 Å². The molecule has 0 saturated carbocycles. The fourth-order valence-electron chi connectivity index (χ4n) is 5.23. The molecule has 0 radical (unpaired) electrons. The van der Waals surface area contributed by atoms with Crippen LogP contribution >= 0.6 is 11.6 Å². The van der Waals surface area contributed by atoms with Crippen LogP contribution in [0.1, 0.15) is 15.9 Å². The monoisotopic (exact) mass is 565 g/mol. The van der Waals surface area contributed by atoms with E-state index in [0.717, 1.165) is 16.3 Å². The van der Waals surface area contributed by atoms with Gasteiger partial charge in [-0.1, -0.05) is 90.0 Å². The molecule has 0 unspecified atom stereocenters. The van der Waals surface area contributed by atoms with Crippen LogP contribution in [0, 0.1) is 6.92 Å². The molecule has 5 nitrogen and oxygen atoms in total. The first kappa shape index (κ1) is 25.9. The molecule has 0 fully saturated rings. The van der Waals surface area contributed by atoms with Crippen molar-refractivity contribution in [3.05, 3.63) is 125 Å². The lowest BCUT2D eigenvalue weighted by Crippen LogP contribution is -2.14. The molecule has 5 aromatic carbocycles. The van der Waals surface area contributed by atoms with E-state index in [0.29, 0.717) is 43.9 Å². The number of benzene rings is 5. The Balaban J connectivity index is 1.87. The molecule has 6 rings (SSSR count). The second-order valence-corrected chi connectivity index (χ2v) is 11.8. The average molecular weight is 566 g/mol. The Labute approximate surface area is 237 Å². The predicted molar refractivity (Wildman–Crippen MR) is 160 cm³/mol. The van der Waals surface area contributed by atoms with Gasteiger partial charge in [-0.05, 0) is 59.7 Å². The summed E-state index contributed by atoms with van der Waals surface area (Å²) in [7, 11) is -2.76. The zero-order chi connectivity index (χ0) is 28.0. The Morgan fingerprint density at radius 1 is 0.775 bits per heavy atom. The SMILES string of the molecule is COC(=O)c1ccc2ccccc2c1-c1c(-c2ccccc2)n(S(=O)(=O)c2ccc(C)cc2)c2ccc(Cl)cc12. The molecule has 0 amide bonds. The number of methoxy groups -OCH3 is 1. The summed E-state index contributed by atoms with van der Waals surface area (Å²) in [5, 5.41) is 2.73. The summed E-state index contributed by atoms with van der Waals surface area (Å²) in [6.07, 6.45) is 0. The minimum atomic E-state index is -4.10. The molecule has 0 atom stereocenters. The zero-order valence-electron chi connectivity index (χ0n) is 21.8. The number of aromatic nitrogens is 1. The number of hydrogen-bond donors (Lipinski definition) is 0. The molecule has 0 aliphatic carbocycles. The lowest BCUT2D eigenvalue weighted by Gasteiger charge is -2.16. The fourth-order valence-corrected chi connectivity index (χ4v) is 6.95. The van der Waals surface area contributed by atoms with Crippen molar-refractivity contribution < 1.29 is 17.9 Å². The van der Waals surface area contributed by atoms with Gasteiger partial charge in [-0.2, -0.15) is 0 Å². The molecule has 1 aromatic heterocycles. The van der Waals surface area contributed by atoms with E-state index in [1.54, 1.807) is 48.5 Å². The first-order valence-electron chi connectivity index (χ1n) is 12.6. The summed E-state index contributed by atoms with van der Waals surface area (Å²) < 4.78 is 35.5. The summed E-state index contributed by atoms with van der Waals surface area (Å²) in [6, 6.07) is 32.5. The summed E-state index contributed by atoms with van der Waals surface area (Å²) in [5.41, 5.74) is 3.98. The highest BCUT2D eigenvalue weighted by Gasteiger charge is 2.31. The zero-order valence-corrected chi connectivity index (χ0v) is 23.3. The maximum atomic E-state index is 14.5. The molecule has 0 aliphatic rings. The van der Waals surface area contributed by atoms with Crippen LogP contribution in [0.4, 0.5) is 0 Å². The quantitative estimate of drug-likeness (QED) is 0.198. The number of carbonyl (C=O) groups excluding carboxylic acids is 1. The summed E-state index contributed by atoms with van der Waals surface area (Å²) in [6.45, 7) is 1.91. The van der Waals surface area contributed by atoms with Crippen LogP contribution in [0.25, 0.3) is 44.1 Å². The third-order valence-corrected chi connectivity index (χ3v) is 9.04. The van der Waals surface area contributed by atoms with Gasteiger partial charge < -0.3 is 4.74 Å². The largest absolute Gasteiger partial charge is 0.465 e. The van der Waals surface area contributed by atoms with Crippen molar-refractivity contribution in [2.24, 2.45) is 0 Å². The molecule has 40 heavy (non-hydrogen) atoms. The van der Waals surface area contributed by atoms with Gasteiger partial charge in [0.05, 0.1) is 28.8 Å². The molecule has 7 heteroatoms. The highest BCUT2D eigenvalue weighted by molar-refractivity contribution is 7.90.